The Hall–Kier alpha value is -1.62. The number of nitrogens with two attached hydrogens (primary N) is 1. The van der Waals surface area contributed by atoms with E-state index in [0.717, 1.165) is 6.07 Å². The number of anilines is 1. The summed E-state index contributed by atoms with van der Waals surface area (Å²) in [6.45, 7) is 1.74. The number of hydrogen-bond donors (Lipinski definition) is 1. The first-order chi connectivity index (χ1) is 8.00. The van der Waals surface area contributed by atoms with E-state index in [-0.39, 0.29) is 17.9 Å². The molecule has 0 saturated carbocycles. The molecule has 3 nitrogen and oxygen atoms in total. The zero-order valence-electron chi connectivity index (χ0n) is 9.04. The minimum atomic E-state index is -0.893. The van der Waals surface area contributed by atoms with Crippen LogP contribution in [0.4, 0.5) is 14.6 Å². The first-order valence-electron chi connectivity index (χ1n) is 4.92. The van der Waals surface area contributed by atoms with Crippen molar-refractivity contribution < 1.29 is 8.78 Å². The summed E-state index contributed by atoms with van der Waals surface area (Å²) in [7, 11) is 0. The van der Waals surface area contributed by atoms with Crippen LogP contribution in [0.15, 0.2) is 18.2 Å². The van der Waals surface area contributed by atoms with Crippen LogP contribution in [0.2, 0.25) is 5.02 Å². The molecule has 1 aromatic heterocycles. The molecule has 0 saturated heterocycles. The standard InChI is InChI=1S/C11H10ClF2N3/c1-6-9(12)11(15)17(16-6)5-7-3-2-4-8(13)10(7)14/h2-4H,5,15H2,1H3. The maximum atomic E-state index is 13.4. The van der Waals surface area contributed by atoms with E-state index in [1.165, 1.54) is 16.8 Å². The molecule has 0 atom stereocenters. The van der Waals surface area contributed by atoms with Crippen LogP contribution in [0.1, 0.15) is 11.3 Å². The van der Waals surface area contributed by atoms with Crippen molar-refractivity contribution in [1.82, 2.24) is 9.78 Å². The molecule has 0 spiro atoms. The van der Waals surface area contributed by atoms with Crippen LogP contribution in [0.25, 0.3) is 0 Å². The molecule has 0 unspecified atom stereocenters. The van der Waals surface area contributed by atoms with Gasteiger partial charge in [-0.1, -0.05) is 23.7 Å². The van der Waals surface area contributed by atoms with E-state index >= 15 is 0 Å². The summed E-state index contributed by atoms with van der Waals surface area (Å²) in [4.78, 5) is 0. The van der Waals surface area contributed by atoms with Crippen molar-refractivity contribution in [2.24, 2.45) is 0 Å². The van der Waals surface area contributed by atoms with E-state index in [4.69, 9.17) is 17.3 Å². The van der Waals surface area contributed by atoms with Crippen molar-refractivity contribution in [1.29, 1.82) is 0 Å². The van der Waals surface area contributed by atoms with Crippen molar-refractivity contribution in [3.63, 3.8) is 0 Å². The SMILES string of the molecule is Cc1nn(Cc2cccc(F)c2F)c(N)c1Cl. The van der Waals surface area contributed by atoms with Crippen LogP contribution in [-0.2, 0) is 6.54 Å². The lowest BCUT2D eigenvalue weighted by Gasteiger charge is -2.05. The van der Waals surface area contributed by atoms with Crippen molar-refractivity contribution in [2.75, 3.05) is 5.73 Å². The molecule has 0 fully saturated rings. The Labute approximate surface area is 102 Å². The van der Waals surface area contributed by atoms with Gasteiger partial charge in [-0.15, -0.1) is 0 Å². The molecule has 1 heterocycles. The molecule has 6 heteroatoms. The topological polar surface area (TPSA) is 43.8 Å². The lowest BCUT2D eigenvalue weighted by Crippen LogP contribution is -2.08. The second-order valence-corrected chi connectivity index (χ2v) is 4.03. The Morgan fingerprint density at radius 2 is 2.12 bits per heavy atom. The van der Waals surface area contributed by atoms with Gasteiger partial charge in [0, 0.05) is 5.56 Å². The largest absolute Gasteiger partial charge is 0.383 e. The molecular weight excluding hydrogens is 248 g/mol. The number of benzene rings is 1. The van der Waals surface area contributed by atoms with Crippen LogP contribution in [0, 0.1) is 18.6 Å². The minimum Gasteiger partial charge on any atom is -0.383 e. The molecule has 2 N–H and O–H groups in total. The average Bonchev–Trinajstić information content (AvgIpc) is 2.53. The Bertz CT molecular complexity index is 566. The van der Waals surface area contributed by atoms with E-state index in [1.54, 1.807) is 6.92 Å². The highest BCUT2D eigenvalue weighted by Crippen LogP contribution is 2.23. The molecule has 1 aromatic carbocycles. The quantitative estimate of drug-likeness (QED) is 0.899. The fourth-order valence-electron chi connectivity index (χ4n) is 1.53. The van der Waals surface area contributed by atoms with Crippen LogP contribution in [-0.4, -0.2) is 9.78 Å². The zero-order chi connectivity index (χ0) is 12.6. The molecular formula is C11H10ClF2N3. The number of nitrogen functional groups attached to an aromatic ring is 1. The summed E-state index contributed by atoms with van der Waals surface area (Å²) >= 11 is 5.86. The Morgan fingerprint density at radius 3 is 2.71 bits per heavy atom. The molecule has 90 valence electrons. The summed E-state index contributed by atoms with van der Waals surface area (Å²) in [5, 5.41) is 4.38. The average molecular weight is 258 g/mol. The molecule has 0 aliphatic heterocycles. The Kier molecular flexibility index (Phi) is 3.02. The molecule has 2 rings (SSSR count). The normalized spacial score (nSPS) is 10.8. The third-order valence-electron chi connectivity index (χ3n) is 2.44. The highest BCUT2D eigenvalue weighted by Gasteiger charge is 2.13. The summed E-state index contributed by atoms with van der Waals surface area (Å²) in [6.07, 6.45) is 0. The fourth-order valence-corrected chi connectivity index (χ4v) is 1.67. The molecule has 0 aliphatic rings. The summed E-state index contributed by atoms with van der Waals surface area (Å²) in [6, 6.07) is 3.97. The number of aromatic nitrogens is 2. The van der Waals surface area contributed by atoms with Crippen LogP contribution >= 0.6 is 11.6 Å². The van der Waals surface area contributed by atoms with E-state index in [0.29, 0.717) is 10.7 Å². The predicted octanol–water partition coefficient (Wildman–Crippen LogP) is 2.75. The number of halogens is 3. The summed E-state index contributed by atoms with van der Waals surface area (Å²) in [5.74, 6) is -1.54. The highest BCUT2D eigenvalue weighted by molar-refractivity contribution is 6.33. The maximum Gasteiger partial charge on any atom is 0.163 e. The van der Waals surface area contributed by atoms with Crippen molar-refractivity contribution in [3.8, 4) is 0 Å². The second kappa shape index (κ2) is 4.33. The van der Waals surface area contributed by atoms with E-state index in [9.17, 15) is 8.78 Å². The Balaban J connectivity index is 2.38. The molecule has 0 amide bonds. The monoisotopic (exact) mass is 257 g/mol. The van der Waals surface area contributed by atoms with Gasteiger partial charge in [0.1, 0.15) is 10.8 Å². The van der Waals surface area contributed by atoms with Gasteiger partial charge in [0.15, 0.2) is 11.6 Å². The first-order valence-corrected chi connectivity index (χ1v) is 5.29. The molecule has 0 aliphatic carbocycles. The number of hydrogen-bond acceptors (Lipinski definition) is 2. The van der Waals surface area contributed by atoms with E-state index < -0.39 is 11.6 Å². The minimum absolute atomic E-state index is 0.0446. The van der Waals surface area contributed by atoms with Crippen molar-refractivity contribution in [3.05, 3.63) is 46.1 Å². The van der Waals surface area contributed by atoms with E-state index in [1.807, 2.05) is 0 Å². The van der Waals surface area contributed by atoms with Gasteiger partial charge in [0.05, 0.1) is 12.2 Å². The second-order valence-electron chi connectivity index (χ2n) is 3.66. The lowest BCUT2D eigenvalue weighted by atomic mass is 10.2. The molecule has 17 heavy (non-hydrogen) atoms. The predicted molar refractivity (Wildman–Crippen MR) is 61.8 cm³/mol. The van der Waals surface area contributed by atoms with Crippen molar-refractivity contribution >= 4 is 17.4 Å². The summed E-state index contributed by atoms with van der Waals surface area (Å²) < 4.78 is 27.8. The van der Waals surface area contributed by atoms with Crippen molar-refractivity contribution in [2.45, 2.75) is 13.5 Å². The zero-order valence-corrected chi connectivity index (χ0v) is 9.80. The maximum absolute atomic E-state index is 13.4. The third-order valence-corrected chi connectivity index (χ3v) is 2.91. The van der Waals surface area contributed by atoms with Gasteiger partial charge >= 0.3 is 0 Å². The van der Waals surface area contributed by atoms with Gasteiger partial charge in [0.25, 0.3) is 0 Å². The first kappa shape index (κ1) is 11.9. The summed E-state index contributed by atoms with van der Waals surface area (Å²) in [5.41, 5.74) is 6.42. The number of nitrogens with zero attached hydrogens (tertiary/aromatic N) is 2. The van der Waals surface area contributed by atoms with Gasteiger partial charge in [-0.05, 0) is 13.0 Å². The van der Waals surface area contributed by atoms with Crippen LogP contribution in [0.5, 0.6) is 0 Å². The van der Waals surface area contributed by atoms with Gasteiger partial charge in [-0.2, -0.15) is 5.10 Å². The van der Waals surface area contributed by atoms with Crippen LogP contribution < -0.4 is 5.73 Å². The highest BCUT2D eigenvalue weighted by atomic mass is 35.5. The fraction of sp³-hybridized carbons (Fsp3) is 0.182. The number of rotatable bonds is 2. The van der Waals surface area contributed by atoms with Gasteiger partial charge in [-0.25, -0.2) is 13.5 Å². The van der Waals surface area contributed by atoms with Gasteiger partial charge in [-0.3, -0.25) is 0 Å². The van der Waals surface area contributed by atoms with Gasteiger partial charge in [0.2, 0.25) is 0 Å². The smallest absolute Gasteiger partial charge is 0.163 e. The number of aryl methyl sites for hydroxylation is 1. The van der Waals surface area contributed by atoms with E-state index in [2.05, 4.69) is 5.10 Å². The van der Waals surface area contributed by atoms with Crippen LogP contribution in [0.3, 0.4) is 0 Å². The molecule has 2 aromatic rings. The molecule has 0 radical (unpaired) electrons. The molecule has 0 bridgehead atoms. The Morgan fingerprint density at radius 1 is 1.41 bits per heavy atom. The lowest BCUT2D eigenvalue weighted by molar-refractivity contribution is 0.492. The van der Waals surface area contributed by atoms with Gasteiger partial charge < -0.3 is 5.73 Å². The third kappa shape index (κ3) is 2.10.